The van der Waals surface area contributed by atoms with E-state index in [-0.39, 0.29) is 0 Å². The first-order chi connectivity index (χ1) is 13.8. The molecule has 28 heavy (non-hydrogen) atoms. The molecule has 5 heteroatoms. The van der Waals surface area contributed by atoms with E-state index in [0.717, 1.165) is 48.3 Å². The lowest BCUT2D eigenvalue weighted by molar-refractivity contribution is 0.242. The van der Waals surface area contributed by atoms with Crippen molar-refractivity contribution in [1.29, 1.82) is 0 Å². The molecule has 2 fully saturated rings. The van der Waals surface area contributed by atoms with Crippen LogP contribution in [0.3, 0.4) is 0 Å². The molecule has 2 aromatic rings. The average Bonchev–Trinajstić information content (AvgIpc) is 2.74. The quantitative estimate of drug-likeness (QED) is 0.733. The molecule has 4 rings (SSSR count). The summed E-state index contributed by atoms with van der Waals surface area (Å²) in [4.78, 5) is 12.3. The normalized spacial score (nSPS) is 21.9. The highest BCUT2D eigenvalue weighted by atomic mass is 16.5. The molecule has 1 aromatic carbocycles. The van der Waals surface area contributed by atoms with Crippen molar-refractivity contribution in [3.05, 3.63) is 36.0 Å². The van der Waals surface area contributed by atoms with E-state index in [4.69, 9.17) is 14.7 Å². The van der Waals surface area contributed by atoms with Crippen molar-refractivity contribution >= 4 is 17.5 Å². The zero-order valence-corrected chi connectivity index (χ0v) is 17.2. The Balaban J connectivity index is 1.61. The van der Waals surface area contributed by atoms with Crippen LogP contribution < -0.4 is 15.0 Å². The number of rotatable bonds is 6. The molecule has 2 atom stereocenters. The van der Waals surface area contributed by atoms with E-state index >= 15 is 0 Å². The van der Waals surface area contributed by atoms with Crippen molar-refractivity contribution in [2.24, 2.45) is 5.92 Å². The number of hydrogen-bond donors (Lipinski definition) is 1. The average molecular weight is 381 g/mol. The van der Waals surface area contributed by atoms with Gasteiger partial charge in [-0.05, 0) is 62.3 Å². The van der Waals surface area contributed by atoms with Crippen LogP contribution in [0.2, 0.25) is 0 Å². The van der Waals surface area contributed by atoms with Crippen molar-refractivity contribution in [2.45, 2.75) is 64.3 Å². The molecule has 0 bridgehead atoms. The van der Waals surface area contributed by atoms with Gasteiger partial charge in [0.2, 0.25) is 5.95 Å². The van der Waals surface area contributed by atoms with E-state index < -0.39 is 0 Å². The predicted molar refractivity (Wildman–Crippen MR) is 115 cm³/mol. The maximum Gasteiger partial charge on any atom is 0.229 e. The first-order valence-corrected chi connectivity index (χ1v) is 10.8. The lowest BCUT2D eigenvalue weighted by Crippen LogP contribution is -2.47. The maximum absolute atomic E-state index is 5.25. The molecule has 1 aliphatic heterocycles. The van der Waals surface area contributed by atoms with E-state index in [1.54, 1.807) is 7.11 Å². The van der Waals surface area contributed by atoms with Gasteiger partial charge in [0.1, 0.15) is 11.6 Å². The largest absolute Gasteiger partial charge is 0.497 e. The monoisotopic (exact) mass is 380 g/mol. The van der Waals surface area contributed by atoms with E-state index in [0.29, 0.717) is 12.0 Å². The minimum absolute atomic E-state index is 0.653. The van der Waals surface area contributed by atoms with Gasteiger partial charge in [-0.1, -0.05) is 26.2 Å². The van der Waals surface area contributed by atoms with E-state index in [2.05, 4.69) is 23.2 Å². The first kappa shape index (κ1) is 19.0. The van der Waals surface area contributed by atoms with Gasteiger partial charge in [0.15, 0.2) is 0 Å². The van der Waals surface area contributed by atoms with E-state index in [9.17, 15) is 0 Å². The van der Waals surface area contributed by atoms with Crippen LogP contribution >= 0.6 is 0 Å². The molecule has 2 heterocycles. The molecule has 1 N–H and O–H groups in total. The van der Waals surface area contributed by atoms with Gasteiger partial charge in [-0.3, -0.25) is 0 Å². The van der Waals surface area contributed by atoms with E-state index in [1.165, 1.54) is 38.5 Å². The second-order valence-electron chi connectivity index (χ2n) is 8.09. The van der Waals surface area contributed by atoms with Gasteiger partial charge in [0, 0.05) is 30.0 Å². The second kappa shape index (κ2) is 8.80. The third kappa shape index (κ3) is 4.23. The fourth-order valence-corrected chi connectivity index (χ4v) is 4.78. The molecule has 0 radical (unpaired) electrons. The van der Waals surface area contributed by atoms with Gasteiger partial charge in [0.05, 0.1) is 7.11 Å². The molecule has 150 valence electrons. The summed E-state index contributed by atoms with van der Waals surface area (Å²) >= 11 is 0. The zero-order valence-electron chi connectivity index (χ0n) is 17.2. The number of benzene rings is 1. The van der Waals surface area contributed by atoms with Crippen LogP contribution in [-0.4, -0.2) is 29.7 Å². The number of ether oxygens (including phenoxy) is 1. The number of nitrogens with one attached hydrogen (secondary N) is 1. The maximum atomic E-state index is 5.25. The molecule has 1 saturated carbocycles. The van der Waals surface area contributed by atoms with Crippen molar-refractivity contribution in [3.63, 3.8) is 0 Å². The molecule has 1 aliphatic carbocycles. The standard InChI is InChI=1S/C23H32N4O/c1-3-7-19-16-22(27-15-6-9-17-8-4-5-10-21(17)27)26-23(25-19)24-18-11-13-20(28-2)14-12-18/h11-14,16-17,21H,3-10,15H2,1-2H3,(H,24,25,26). The third-order valence-corrected chi connectivity index (χ3v) is 6.16. The molecule has 0 amide bonds. The van der Waals surface area contributed by atoms with Crippen LogP contribution in [0.15, 0.2) is 30.3 Å². The minimum atomic E-state index is 0.653. The SMILES string of the molecule is CCCc1cc(N2CCCC3CCCCC32)nc(Nc2ccc(OC)cc2)n1. The Hall–Kier alpha value is -2.30. The number of aryl methyl sites for hydroxylation is 1. The van der Waals surface area contributed by atoms with Gasteiger partial charge in [-0.25, -0.2) is 4.98 Å². The van der Waals surface area contributed by atoms with Crippen LogP contribution in [0.5, 0.6) is 5.75 Å². The van der Waals surface area contributed by atoms with Gasteiger partial charge >= 0.3 is 0 Å². The highest BCUT2D eigenvalue weighted by Crippen LogP contribution is 2.37. The molecule has 2 unspecified atom stereocenters. The Bertz CT molecular complexity index is 775. The molecular weight excluding hydrogens is 348 g/mol. The van der Waals surface area contributed by atoms with Crippen LogP contribution in [0.1, 0.15) is 57.6 Å². The van der Waals surface area contributed by atoms with Gasteiger partial charge in [0.25, 0.3) is 0 Å². The fourth-order valence-electron chi connectivity index (χ4n) is 4.78. The topological polar surface area (TPSA) is 50.3 Å². The van der Waals surface area contributed by atoms with E-state index in [1.807, 2.05) is 24.3 Å². The Kier molecular flexibility index (Phi) is 5.98. The van der Waals surface area contributed by atoms with Crippen molar-refractivity contribution < 1.29 is 4.74 Å². The Morgan fingerprint density at radius 2 is 1.86 bits per heavy atom. The number of aromatic nitrogens is 2. The zero-order chi connectivity index (χ0) is 19.3. The number of nitrogens with zero attached hydrogens (tertiary/aromatic N) is 3. The third-order valence-electron chi connectivity index (χ3n) is 6.16. The summed E-state index contributed by atoms with van der Waals surface area (Å²) in [5.41, 5.74) is 2.11. The molecule has 5 nitrogen and oxygen atoms in total. The summed E-state index contributed by atoms with van der Waals surface area (Å²) in [5, 5.41) is 3.40. The lowest BCUT2D eigenvalue weighted by Gasteiger charge is -2.44. The highest BCUT2D eigenvalue weighted by Gasteiger charge is 2.34. The van der Waals surface area contributed by atoms with Gasteiger partial charge in [-0.15, -0.1) is 0 Å². The lowest BCUT2D eigenvalue weighted by atomic mass is 9.78. The summed E-state index contributed by atoms with van der Waals surface area (Å²) in [6, 6.07) is 10.8. The van der Waals surface area contributed by atoms with Crippen LogP contribution in [0, 0.1) is 5.92 Å². The van der Waals surface area contributed by atoms with Crippen LogP contribution in [0.4, 0.5) is 17.5 Å². The number of methoxy groups -OCH3 is 1. The van der Waals surface area contributed by atoms with Crippen LogP contribution in [0.25, 0.3) is 0 Å². The van der Waals surface area contributed by atoms with Gasteiger partial charge < -0.3 is 15.0 Å². The smallest absolute Gasteiger partial charge is 0.229 e. The molecular formula is C23H32N4O. The summed E-state index contributed by atoms with van der Waals surface area (Å²) in [7, 11) is 1.68. The molecule has 0 spiro atoms. The molecule has 1 saturated heterocycles. The van der Waals surface area contributed by atoms with Crippen molar-refractivity contribution in [1.82, 2.24) is 9.97 Å². The fraction of sp³-hybridized carbons (Fsp3) is 0.565. The molecule has 1 aromatic heterocycles. The highest BCUT2D eigenvalue weighted by molar-refractivity contribution is 5.57. The summed E-state index contributed by atoms with van der Waals surface area (Å²) < 4.78 is 5.25. The number of piperidine rings is 1. The number of anilines is 3. The molecule has 2 aliphatic rings. The minimum Gasteiger partial charge on any atom is -0.497 e. The van der Waals surface area contributed by atoms with Crippen LogP contribution in [-0.2, 0) is 6.42 Å². The summed E-state index contributed by atoms with van der Waals surface area (Å²) in [6.45, 7) is 3.32. The number of fused-ring (bicyclic) bond motifs is 1. The summed E-state index contributed by atoms with van der Waals surface area (Å²) in [5.74, 6) is 3.49. The first-order valence-electron chi connectivity index (χ1n) is 10.8. The van der Waals surface area contributed by atoms with Gasteiger partial charge in [-0.2, -0.15) is 4.98 Å². The van der Waals surface area contributed by atoms with Crippen molar-refractivity contribution in [3.8, 4) is 5.75 Å². The second-order valence-corrected chi connectivity index (χ2v) is 8.09. The number of hydrogen-bond acceptors (Lipinski definition) is 5. The predicted octanol–water partition coefficient (Wildman–Crippen LogP) is 5.34. The Morgan fingerprint density at radius 1 is 1.07 bits per heavy atom. The van der Waals surface area contributed by atoms with Crippen molar-refractivity contribution in [2.75, 3.05) is 23.9 Å². The summed E-state index contributed by atoms with van der Waals surface area (Å²) in [6.07, 6.45) is 10.1. The Morgan fingerprint density at radius 3 is 2.64 bits per heavy atom. The Labute approximate surface area is 168 Å².